The number of carbonyl (C=O) groups excluding carboxylic acids is 1. The molecule has 1 amide bonds. The van der Waals surface area contributed by atoms with Crippen molar-refractivity contribution in [1.29, 1.82) is 5.26 Å². The summed E-state index contributed by atoms with van der Waals surface area (Å²) in [5.41, 5.74) is 11.7. The van der Waals surface area contributed by atoms with Crippen LogP contribution in [0, 0.1) is 25.2 Å². The lowest BCUT2D eigenvalue weighted by Crippen LogP contribution is -2.39. The fourth-order valence-corrected chi connectivity index (χ4v) is 5.27. The molecule has 1 aliphatic carbocycles. The van der Waals surface area contributed by atoms with Gasteiger partial charge in [0.15, 0.2) is 0 Å². The van der Waals surface area contributed by atoms with Crippen molar-refractivity contribution in [2.24, 2.45) is 5.73 Å². The number of aromatic nitrogens is 2. The molecule has 0 saturated carbocycles. The molecular weight excluding hydrogens is 464 g/mol. The van der Waals surface area contributed by atoms with Gasteiger partial charge in [-0.25, -0.2) is 4.98 Å². The van der Waals surface area contributed by atoms with Crippen LogP contribution in [0.2, 0.25) is 0 Å². The molecule has 8 heteroatoms. The minimum atomic E-state index is -0.400. The number of nitriles is 1. The molecular formula is C29H32N6O2. The number of anilines is 1. The minimum Gasteiger partial charge on any atom is -0.438 e. The zero-order valence-electron chi connectivity index (χ0n) is 21.4. The molecule has 2 heterocycles. The van der Waals surface area contributed by atoms with Crippen molar-refractivity contribution in [1.82, 2.24) is 14.9 Å². The fourth-order valence-electron chi connectivity index (χ4n) is 5.27. The summed E-state index contributed by atoms with van der Waals surface area (Å²) in [5, 5.41) is 12.8. The number of rotatable bonds is 7. The molecule has 0 spiro atoms. The van der Waals surface area contributed by atoms with Crippen LogP contribution in [0.1, 0.15) is 63.1 Å². The summed E-state index contributed by atoms with van der Waals surface area (Å²) >= 11 is 0. The average Bonchev–Trinajstić information content (AvgIpc) is 3.36. The zero-order chi connectivity index (χ0) is 25.9. The van der Waals surface area contributed by atoms with Crippen LogP contribution in [0.4, 0.5) is 5.95 Å². The maximum atomic E-state index is 11.3. The van der Waals surface area contributed by atoms with Crippen LogP contribution < -0.4 is 15.8 Å². The molecule has 1 saturated heterocycles. The number of nitrogens with zero attached hydrogens (tertiary/aromatic N) is 4. The van der Waals surface area contributed by atoms with Gasteiger partial charge in [-0.3, -0.25) is 9.69 Å². The number of ether oxygens (including phenoxy) is 1. The van der Waals surface area contributed by atoms with E-state index in [1.807, 2.05) is 38.1 Å². The van der Waals surface area contributed by atoms with Gasteiger partial charge in [0.25, 0.3) is 0 Å². The van der Waals surface area contributed by atoms with E-state index in [4.69, 9.17) is 20.4 Å². The number of hydrogen-bond acceptors (Lipinski definition) is 7. The summed E-state index contributed by atoms with van der Waals surface area (Å²) in [6, 6.07) is 13.7. The minimum absolute atomic E-state index is 0.291. The third kappa shape index (κ3) is 5.57. The van der Waals surface area contributed by atoms with Crippen LogP contribution in [0.15, 0.2) is 36.4 Å². The SMILES string of the molecule is Cc1cc(C#N)cc(C)c1Oc1nc(NC2CCN(Cc3ccc(C(N)=O)cc3)CC2)nc2c1CCC2. The first-order valence-electron chi connectivity index (χ1n) is 12.9. The maximum absolute atomic E-state index is 11.3. The lowest BCUT2D eigenvalue weighted by molar-refractivity contribution is 0.1000. The van der Waals surface area contributed by atoms with E-state index in [-0.39, 0.29) is 0 Å². The molecule has 190 valence electrons. The Labute approximate surface area is 217 Å². The van der Waals surface area contributed by atoms with Crippen molar-refractivity contribution in [3.8, 4) is 17.7 Å². The summed E-state index contributed by atoms with van der Waals surface area (Å²) < 4.78 is 6.38. The second-order valence-electron chi connectivity index (χ2n) is 10.0. The molecule has 1 aromatic heterocycles. The smallest absolute Gasteiger partial charge is 0.248 e. The number of piperidine rings is 1. The van der Waals surface area contributed by atoms with Gasteiger partial charge in [-0.15, -0.1) is 0 Å². The van der Waals surface area contributed by atoms with Crippen molar-refractivity contribution in [3.63, 3.8) is 0 Å². The highest BCUT2D eigenvalue weighted by Crippen LogP contribution is 2.35. The molecule has 0 radical (unpaired) electrons. The highest BCUT2D eigenvalue weighted by molar-refractivity contribution is 5.92. The number of amides is 1. The van der Waals surface area contributed by atoms with Crippen molar-refractivity contribution >= 4 is 11.9 Å². The van der Waals surface area contributed by atoms with Crippen LogP contribution in [-0.2, 0) is 19.4 Å². The van der Waals surface area contributed by atoms with E-state index >= 15 is 0 Å². The zero-order valence-corrected chi connectivity index (χ0v) is 21.4. The number of primary amides is 1. The first-order valence-corrected chi connectivity index (χ1v) is 12.9. The standard InChI is InChI=1S/C29H32N6O2/c1-18-14-21(16-30)15-19(2)26(18)37-28-24-4-3-5-25(24)33-29(34-28)32-23-10-12-35(13-11-23)17-20-6-8-22(9-7-20)27(31)36/h6-9,14-15,23H,3-5,10-13,17H2,1-2H3,(H2,31,36)(H,32,33,34). The van der Waals surface area contributed by atoms with Gasteiger partial charge in [-0.05, 0) is 86.9 Å². The number of nitrogens with two attached hydrogens (primary N) is 1. The molecule has 2 aromatic carbocycles. The molecule has 3 aromatic rings. The molecule has 1 fully saturated rings. The molecule has 0 atom stereocenters. The summed E-state index contributed by atoms with van der Waals surface area (Å²) in [4.78, 5) is 23.4. The Morgan fingerprint density at radius 1 is 1.14 bits per heavy atom. The van der Waals surface area contributed by atoms with Gasteiger partial charge < -0.3 is 15.8 Å². The number of hydrogen-bond donors (Lipinski definition) is 2. The Balaban J connectivity index is 1.25. The number of benzene rings is 2. The number of nitrogens with one attached hydrogen (secondary N) is 1. The topological polar surface area (TPSA) is 117 Å². The van der Waals surface area contributed by atoms with Crippen LogP contribution in [0.5, 0.6) is 11.6 Å². The van der Waals surface area contributed by atoms with Gasteiger partial charge >= 0.3 is 0 Å². The van der Waals surface area contributed by atoms with Gasteiger partial charge in [0.2, 0.25) is 17.7 Å². The summed E-state index contributed by atoms with van der Waals surface area (Å²) in [6.45, 7) is 6.70. The molecule has 1 aliphatic heterocycles. The number of carbonyl (C=O) groups is 1. The first-order chi connectivity index (χ1) is 17.9. The van der Waals surface area contributed by atoms with Crippen molar-refractivity contribution in [2.75, 3.05) is 18.4 Å². The van der Waals surface area contributed by atoms with E-state index in [9.17, 15) is 10.1 Å². The van der Waals surface area contributed by atoms with Gasteiger partial charge in [0.05, 0.1) is 17.3 Å². The average molecular weight is 497 g/mol. The molecule has 37 heavy (non-hydrogen) atoms. The fraction of sp³-hybridized carbons (Fsp3) is 0.379. The number of aryl methyl sites for hydroxylation is 3. The predicted octanol–water partition coefficient (Wildman–Crippen LogP) is 4.42. The summed E-state index contributed by atoms with van der Waals surface area (Å²) in [6.07, 6.45) is 4.88. The Bertz CT molecular complexity index is 1330. The quantitative estimate of drug-likeness (QED) is 0.497. The third-order valence-corrected chi connectivity index (χ3v) is 7.25. The second kappa shape index (κ2) is 10.6. The predicted molar refractivity (Wildman–Crippen MR) is 142 cm³/mol. The highest BCUT2D eigenvalue weighted by atomic mass is 16.5. The van der Waals surface area contributed by atoms with Crippen molar-refractivity contribution < 1.29 is 9.53 Å². The normalized spacial score (nSPS) is 15.7. The lowest BCUT2D eigenvalue weighted by Gasteiger charge is -2.32. The Kier molecular flexibility index (Phi) is 7.06. The van der Waals surface area contributed by atoms with Crippen molar-refractivity contribution in [2.45, 2.75) is 58.5 Å². The van der Waals surface area contributed by atoms with Crippen molar-refractivity contribution in [3.05, 3.63) is 75.5 Å². The first kappa shape index (κ1) is 24.7. The second-order valence-corrected chi connectivity index (χ2v) is 10.0. The number of fused-ring (bicyclic) bond motifs is 1. The van der Waals surface area contributed by atoms with Gasteiger partial charge in [-0.1, -0.05) is 12.1 Å². The lowest BCUT2D eigenvalue weighted by atomic mass is 10.0. The van der Waals surface area contributed by atoms with Crippen LogP contribution in [-0.4, -0.2) is 39.9 Å². The molecule has 5 rings (SSSR count). The van der Waals surface area contributed by atoms with E-state index in [1.54, 1.807) is 12.1 Å². The van der Waals surface area contributed by atoms with Crippen LogP contribution >= 0.6 is 0 Å². The third-order valence-electron chi connectivity index (χ3n) is 7.25. The molecule has 8 nitrogen and oxygen atoms in total. The Morgan fingerprint density at radius 3 is 2.49 bits per heavy atom. The Morgan fingerprint density at radius 2 is 1.84 bits per heavy atom. The van der Waals surface area contributed by atoms with E-state index in [2.05, 4.69) is 16.3 Å². The molecule has 3 N–H and O–H groups in total. The van der Waals surface area contributed by atoms with Gasteiger partial charge in [-0.2, -0.15) is 10.2 Å². The summed E-state index contributed by atoms with van der Waals surface area (Å²) in [7, 11) is 0. The maximum Gasteiger partial charge on any atom is 0.248 e. The monoisotopic (exact) mass is 496 g/mol. The van der Waals surface area contributed by atoms with Gasteiger partial charge in [0, 0.05) is 36.8 Å². The van der Waals surface area contributed by atoms with E-state index in [1.165, 1.54) is 5.56 Å². The largest absolute Gasteiger partial charge is 0.438 e. The molecule has 0 bridgehead atoms. The van der Waals surface area contributed by atoms with E-state index < -0.39 is 5.91 Å². The number of likely N-dealkylation sites (tertiary alicyclic amines) is 1. The molecule has 2 aliphatic rings. The Hall–Kier alpha value is -3.96. The summed E-state index contributed by atoms with van der Waals surface area (Å²) in [5.74, 6) is 1.61. The van der Waals surface area contributed by atoms with E-state index in [0.29, 0.717) is 29.0 Å². The molecule has 0 unspecified atom stereocenters. The van der Waals surface area contributed by atoms with Crippen LogP contribution in [0.3, 0.4) is 0 Å². The van der Waals surface area contributed by atoms with Gasteiger partial charge in [0.1, 0.15) is 5.75 Å². The highest BCUT2D eigenvalue weighted by Gasteiger charge is 2.25. The van der Waals surface area contributed by atoms with Crippen LogP contribution in [0.25, 0.3) is 0 Å². The van der Waals surface area contributed by atoms with E-state index in [0.717, 1.165) is 79.9 Å².